The van der Waals surface area contributed by atoms with E-state index in [0.29, 0.717) is 109 Å². The number of esters is 2. The molecule has 0 fully saturated rings. The van der Waals surface area contributed by atoms with Crippen molar-refractivity contribution in [2.75, 3.05) is 111 Å². The summed E-state index contributed by atoms with van der Waals surface area (Å²) in [5.74, 6) is -1.29. The number of carbonyl (C=O) groups excluding carboxylic acids is 4. The van der Waals surface area contributed by atoms with Crippen LogP contribution < -0.4 is 10.6 Å². The zero-order valence-corrected chi connectivity index (χ0v) is 40.5. The monoisotopic (exact) mass is 946 g/mol. The molecule has 372 valence electrons. The molecule has 1 aliphatic carbocycles. The van der Waals surface area contributed by atoms with Gasteiger partial charge in [0.2, 0.25) is 5.91 Å². The van der Waals surface area contributed by atoms with Crippen LogP contribution in [0.1, 0.15) is 76.1 Å². The molecule has 0 spiro atoms. The van der Waals surface area contributed by atoms with E-state index in [9.17, 15) is 19.2 Å². The van der Waals surface area contributed by atoms with E-state index in [1.165, 1.54) is 34.4 Å². The number of rotatable bonds is 31. The van der Waals surface area contributed by atoms with Crippen molar-refractivity contribution < 1.29 is 66.5 Å². The smallest absolute Gasteiger partial charge is 0.407 e. The Bertz CT molecular complexity index is 2030. The summed E-state index contributed by atoms with van der Waals surface area (Å²) in [5, 5.41) is 5.61. The summed E-state index contributed by atoms with van der Waals surface area (Å²) in [7, 11) is 0. The first-order valence-corrected chi connectivity index (χ1v) is 23.1. The third-order valence-electron chi connectivity index (χ3n) is 9.54. The molecule has 0 aromatic heterocycles. The van der Waals surface area contributed by atoms with Crippen molar-refractivity contribution in [3.63, 3.8) is 0 Å². The maximum Gasteiger partial charge on any atom is 0.407 e. The van der Waals surface area contributed by atoms with Crippen molar-refractivity contribution in [2.24, 2.45) is 0 Å². The van der Waals surface area contributed by atoms with Gasteiger partial charge in [0.15, 0.2) is 0 Å². The first kappa shape index (κ1) is 55.1. The summed E-state index contributed by atoms with van der Waals surface area (Å²) < 4.78 is 55.0. The molecule has 3 aromatic rings. The molecule has 1 aliphatic rings. The van der Waals surface area contributed by atoms with E-state index in [4.69, 9.17) is 47.4 Å². The fourth-order valence-electron chi connectivity index (χ4n) is 6.60. The Morgan fingerprint density at radius 2 is 0.985 bits per heavy atom. The van der Waals surface area contributed by atoms with E-state index in [0.717, 1.165) is 0 Å². The Kier molecular flexibility index (Phi) is 24.4. The lowest BCUT2D eigenvalue weighted by Crippen LogP contribution is -2.29. The average molecular weight is 947 g/mol. The standard InChI is InChI=1S/C52H70N2O14/c1-51(2,3)67-48(56)19-16-39-15-17-40(18-20-49(57)68-52(4,5)6)46(37-39)54-47(55)21-23-59-25-27-61-29-31-63-33-35-65-36-34-64-32-30-62-28-26-60-24-22-53-50(58)66-38-45-43-13-9-7-11-41(43)42-12-8-10-14-44(42)45/h7-20,37,45H,21-36,38H2,1-6H3,(H,53,58)(H,54,55)/b19-16+,20-18+. The first-order chi connectivity index (χ1) is 32.7. The number of benzene rings is 3. The van der Waals surface area contributed by atoms with Gasteiger partial charge >= 0.3 is 18.0 Å². The first-order valence-electron chi connectivity index (χ1n) is 23.1. The van der Waals surface area contributed by atoms with E-state index in [2.05, 4.69) is 34.9 Å². The summed E-state index contributed by atoms with van der Waals surface area (Å²) in [4.78, 5) is 49.6. The number of ether oxygens (including phenoxy) is 10. The van der Waals surface area contributed by atoms with Crippen molar-refractivity contribution in [1.29, 1.82) is 0 Å². The number of nitrogens with one attached hydrogen (secondary N) is 2. The summed E-state index contributed by atoms with van der Waals surface area (Å²) in [6.07, 6.45) is 5.38. The predicted molar refractivity (Wildman–Crippen MR) is 258 cm³/mol. The second-order valence-electron chi connectivity index (χ2n) is 17.4. The van der Waals surface area contributed by atoms with Gasteiger partial charge in [0, 0.05) is 30.3 Å². The van der Waals surface area contributed by atoms with E-state index in [-0.39, 0.29) is 31.5 Å². The SMILES string of the molecule is CC(C)(C)OC(=O)/C=C/c1ccc(/C=C/C(=O)OC(C)(C)C)c(NC(=O)CCOCCOCCOCCOCCOCCOCCOCCNC(=O)OCC2c3ccccc3-c3ccccc32)c1. The summed E-state index contributed by atoms with van der Waals surface area (Å²) in [6.45, 7) is 16.6. The molecule has 68 heavy (non-hydrogen) atoms. The van der Waals surface area contributed by atoms with Crippen LogP contribution in [0.3, 0.4) is 0 Å². The maximum atomic E-state index is 12.8. The van der Waals surface area contributed by atoms with Crippen LogP contribution in [0, 0.1) is 0 Å². The predicted octanol–water partition coefficient (Wildman–Crippen LogP) is 7.38. The fourth-order valence-corrected chi connectivity index (χ4v) is 6.60. The topological polar surface area (TPSA) is 185 Å². The van der Waals surface area contributed by atoms with Crippen LogP contribution in [-0.2, 0) is 61.8 Å². The molecule has 16 nitrogen and oxygen atoms in total. The van der Waals surface area contributed by atoms with E-state index in [1.807, 2.05) is 24.3 Å². The van der Waals surface area contributed by atoms with Gasteiger partial charge in [-0.3, -0.25) is 4.79 Å². The quantitative estimate of drug-likeness (QED) is 0.0282. The summed E-state index contributed by atoms with van der Waals surface area (Å²) >= 11 is 0. The van der Waals surface area contributed by atoms with Gasteiger partial charge in [-0.25, -0.2) is 14.4 Å². The molecule has 0 atom stereocenters. The highest BCUT2D eigenvalue weighted by Gasteiger charge is 2.29. The Balaban J connectivity index is 0.921. The number of amides is 2. The number of anilines is 1. The minimum absolute atomic E-state index is 0.0189. The molecular weight excluding hydrogens is 877 g/mol. The zero-order chi connectivity index (χ0) is 49.0. The van der Waals surface area contributed by atoms with E-state index >= 15 is 0 Å². The molecule has 0 bridgehead atoms. The molecule has 0 saturated carbocycles. The van der Waals surface area contributed by atoms with Gasteiger partial charge in [-0.15, -0.1) is 0 Å². The minimum atomic E-state index is -0.651. The molecule has 0 unspecified atom stereocenters. The van der Waals surface area contributed by atoms with Crippen molar-refractivity contribution in [1.82, 2.24) is 5.32 Å². The van der Waals surface area contributed by atoms with E-state index < -0.39 is 29.2 Å². The third kappa shape index (κ3) is 22.6. The Morgan fingerprint density at radius 1 is 0.544 bits per heavy atom. The highest BCUT2D eigenvalue weighted by atomic mass is 16.6. The molecule has 2 amide bonds. The summed E-state index contributed by atoms with van der Waals surface area (Å²) in [6, 6.07) is 21.6. The Hall–Kier alpha value is -5.46. The summed E-state index contributed by atoms with van der Waals surface area (Å²) in [5.41, 5.74) is 5.11. The van der Waals surface area contributed by atoms with Crippen molar-refractivity contribution in [2.45, 2.75) is 65.1 Å². The second-order valence-corrected chi connectivity index (χ2v) is 17.4. The lowest BCUT2D eigenvalue weighted by molar-refractivity contribution is -0.149. The highest BCUT2D eigenvalue weighted by Crippen LogP contribution is 2.44. The molecular formula is C52H70N2O14. The fraction of sp³-hybridized carbons (Fsp3) is 0.500. The van der Waals surface area contributed by atoms with Gasteiger partial charge in [-0.1, -0.05) is 60.7 Å². The molecule has 16 heteroatoms. The molecule has 2 N–H and O–H groups in total. The maximum absolute atomic E-state index is 12.8. The number of fused-ring (bicyclic) bond motifs is 3. The van der Waals surface area contributed by atoms with Gasteiger partial charge in [-0.05, 0) is 93.1 Å². The molecule has 0 aliphatic heterocycles. The van der Waals surface area contributed by atoms with Crippen LogP contribution in [0.15, 0.2) is 78.9 Å². The molecule has 0 heterocycles. The van der Waals surface area contributed by atoms with Crippen molar-refractivity contribution in [3.8, 4) is 11.1 Å². The number of alkyl carbamates (subject to hydrolysis) is 1. The van der Waals surface area contributed by atoms with Crippen molar-refractivity contribution in [3.05, 3.63) is 101 Å². The number of hydrogen-bond donors (Lipinski definition) is 2. The van der Waals surface area contributed by atoms with Gasteiger partial charge in [0.05, 0.1) is 98.9 Å². The van der Waals surface area contributed by atoms with Crippen LogP contribution >= 0.6 is 0 Å². The van der Waals surface area contributed by atoms with Gasteiger partial charge in [0.25, 0.3) is 0 Å². The van der Waals surface area contributed by atoms with Gasteiger partial charge in [-0.2, -0.15) is 0 Å². The van der Waals surface area contributed by atoms with Crippen LogP contribution in [0.4, 0.5) is 10.5 Å². The molecule has 0 saturated heterocycles. The molecule has 3 aromatic carbocycles. The normalized spacial score (nSPS) is 12.6. The Labute approximate surface area is 400 Å². The van der Waals surface area contributed by atoms with Crippen LogP contribution in [0.2, 0.25) is 0 Å². The average Bonchev–Trinajstić information content (AvgIpc) is 3.60. The van der Waals surface area contributed by atoms with Gasteiger partial charge < -0.3 is 58.0 Å². The van der Waals surface area contributed by atoms with Crippen LogP contribution in [0.5, 0.6) is 0 Å². The lowest BCUT2D eigenvalue weighted by Gasteiger charge is -2.18. The van der Waals surface area contributed by atoms with Crippen LogP contribution in [-0.4, -0.2) is 141 Å². The third-order valence-corrected chi connectivity index (χ3v) is 9.54. The Morgan fingerprint density at radius 3 is 1.47 bits per heavy atom. The lowest BCUT2D eigenvalue weighted by atomic mass is 9.98. The van der Waals surface area contributed by atoms with Gasteiger partial charge in [0.1, 0.15) is 17.8 Å². The molecule has 4 rings (SSSR count). The molecule has 0 radical (unpaired) electrons. The largest absolute Gasteiger partial charge is 0.457 e. The van der Waals surface area contributed by atoms with Crippen molar-refractivity contribution >= 4 is 41.8 Å². The second kappa shape index (κ2) is 30.1. The minimum Gasteiger partial charge on any atom is -0.457 e. The highest BCUT2D eigenvalue weighted by molar-refractivity contribution is 5.96. The zero-order valence-electron chi connectivity index (χ0n) is 40.5. The van der Waals surface area contributed by atoms with Crippen LogP contribution in [0.25, 0.3) is 23.3 Å². The van der Waals surface area contributed by atoms with E-state index in [1.54, 1.807) is 71.9 Å². The number of carbonyl (C=O) groups is 4. The number of hydrogen-bond acceptors (Lipinski definition) is 14.